The molecule has 0 bridgehead atoms. The SMILES string of the molecule is COC1(c2nc3sc(N4CCCC4C(=O)NCc4ccccc4)nc3c(=O)n2C)CC1. The van der Waals surface area contributed by atoms with Crippen LogP contribution in [0.4, 0.5) is 5.13 Å². The lowest BCUT2D eigenvalue weighted by Gasteiger charge is -2.23. The van der Waals surface area contributed by atoms with Crippen molar-refractivity contribution in [1.29, 1.82) is 0 Å². The highest BCUT2D eigenvalue weighted by molar-refractivity contribution is 7.21. The number of hydrogen-bond acceptors (Lipinski definition) is 7. The third-order valence-electron chi connectivity index (χ3n) is 6.24. The Morgan fingerprint density at radius 3 is 2.77 bits per heavy atom. The molecule has 1 aromatic carbocycles. The number of nitrogens with one attached hydrogen (secondary N) is 1. The number of benzene rings is 1. The summed E-state index contributed by atoms with van der Waals surface area (Å²) in [6.07, 6.45) is 3.39. The number of rotatable bonds is 6. The van der Waals surface area contributed by atoms with Crippen molar-refractivity contribution in [1.82, 2.24) is 19.9 Å². The Morgan fingerprint density at radius 1 is 1.29 bits per heavy atom. The van der Waals surface area contributed by atoms with E-state index in [0.29, 0.717) is 27.8 Å². The third-order valence-corrected chi connectivity index (χ3v) is 7.23. The van der Waals surface area contributed by atoms with Gasteiger partial charge in [0.1, 0.15) is 17.5 Å². The van der Waals surface area contributed by atoms with Crippen LogP contribution in [0.1, 0.15) is 37.1 Å². The lowest BCUT2D eigenvalue weighted by molar-refractivity contribution is -0.122. The van der Waals surface area contributed by atoms with Gasteiger partial charge in [-0.2, -0.15) is 0 Å². The average Bonchev–Trinajstić information content (AvgIpc) is 3.22. The van der Waals surface area contributed by atoms with E-state index in [1.54, 1.807) is 18.7 Å². The maximum Gasteiger partial charge on any atom is 0.280 e. The fourth-order valence-electron chi connectivity index (χ4n) is 4.28. The van der Waals surface area contributed by atoms with Crippen molar-refractivity contribution >= 4 is 32.7 Å². The van der Waals surface area contributed by atoms with Gasteiger partial charge in [0.2, 0.25) is 5.91 Å². The van der Waals surface area contributed by atoms with Gasteiger partial charge in [-0.05, 0) is 31.2 Å². The summed E-state index contributed by atoms with van der Waals surface area (Å²) in [5, 5.41) is 3.72. The maximum absolute atomic E-state index is 13.0. The second-order valence-corrected chi connectivity index (χ2v) is 9.16. The van der Waals surface area contributed by atoms with Gasteiger partial charge in [0, 0.05) is 27.2 Å². The Kier molecular flexibility index (Phi) is 5.02. The monoisotopic (exact) mass is 439 g/mol. The van der Waals surface area contributed by atoms with E-state index in [2.05, 4.69) is 10.3 Å². The molecule has 1 amide bonds. The normalized spacial score (nSPS) is 19.7. The van der Waals surface area contributed by atoms with E-state index in [-0.39, 0.29) is 17.5 Å². The molecule has 1 aliphatic carbocycles. The van der Waals surface area contributed by atoms with E-state index < -0.39 is 5.60 Å². The average molecular weight is 440 g/mol. The van der Waals surface area contributed by atoms with Crippen LogP contribution in [0.15, 0.2) is 35.1 Å². The molecular weight excluding hydrogens is 414 g/mol. The molecule has 5 rings (SSSR count). The fraction of sp³-hybridized carbons (Fsp3) is 0.455. The zero-order chi connectivity index (χ0) is 21.6. The summed E-state index contributed by atoms with van der Waals surface area (Å²) in [6, 6.07) is 9.57. The van der Waals surface area contributed by atoms with Crippen molar-refractivity contribution in [3.8, 4) is 0 Å². The van der Waals surface area contributed by atoms with Crippen LogP contribution in [0.25, 0.3) is 10.3 Å². The molecular formula is C22H25N5O3S. The summed E-state index contributed by atoms with van der Waals surface area (Å²) >= 11 is 1.38. The van der Waals surface area contributed by atoms with Crippen LogP contribution in [0.2, 0.25) is 0 Å². The minimum atomic E-state index is -0.459. The van der Waals surface area contributed by atoms with Gasteiger partial charge < -0.3 is 15.0 Å². The molecule has 1 aliphatic heterocycles. The van der Waals surface area contributed by atoms with Gasteiger partial charge >= 0.3 is 0 Å². The van der Waals surface area contributed by atoms with Crippen molar-refractivity contribution in [3.63, 3.8) is 0 Å². The number of amides is 1. The Hall–Kier alpha value is -2.78. The highest BCUT2D eigenvalue weighted by Gasteiger charge is 2.48. The third kappa shape index (κ3) is 3.51. The maximum atomic E-state index is 13.0. The van der Waals surface area contributed by atoms with Gasteiger partial charge in [0.15, 0.2) is 15.5 Å². The molecule has 1 saturated heterocycles. The van der Waals surface area contributed by atoms with E-state index >= 15 is 0 Å². The van der Waals surface area contributed by atoms with E-state index in [9.17, 15) is 9.59 Å². The van der Waals surface area contributed by atoms with Crippen LogP contribution in [0.3, 0.4) is 0 Å². The standard InChI is InChI=1S/C22H25N5O3S/c1-26-19(29)16-18(25-20(26)22(30-2)10-11-22)31-21(24-16)27-12-6-9-15(27)17(28)23-13-14-7-4-3-5-8-14/h3-5,7-8,15H,6,9-13H2,1-2H3,(H,23,28). The zero-order valence-corrected chi connectivity index (χ0v) is 18.4. The van der Waals surface area contributed by atoms with Gasteiger partial charge in [-0.1, -0.05) is 41.7 Å². The first-order valence-electron chi connectivity index (χ1n) is 10.5. The van der Waals surface area contributed by atoms with Gasteiger partial charge in [-0.15, -0.1) is 0 Å². The summed E-state index contributed by atoms with van der Waals surface area (Å²) in [7, 11) is 3.38. The molecule has 0 radical (unpaired) electrons. The molecule has 1 N–H and O–H groups in total. The summed E-state index contributed by atoms with van der Waals surface area (Å²) in [6.45, 7) is 1.23. The number of ether oxygens (including phenoxy) is 1. The first kappa shape index (κ1) is 20.1. The molecule has 2 fully saturated rings. The van der Waals surface area contributed by atoms with E-state index in [4.69, 9.17) is 9.72 Å². The van der Waals surface area contributed by atoms with Gasteiger partial charge in [-0.25, -0.2) is 9.97 Å². The summed E-state index contributed by atoms with van der Waals surface area (Å²) in [5.41, 5.74) is 0.788. The van der Waals surface area contributed by atoms with Crippen LogP contribution >= 0.6 is 11.3 Å². The minimum absolute atomic E-state index is 0.0153. The topological polar surface area (TPSA) is 89.3 Å². The molecule has 2 aliphatic rings. The Bertz CT molecular complexity index is 1190. The second kappa shape index (κ2) is 7.72. The molecule has 162 valence electrons. The van der Waals surface area contributed by atoms with Crippen LogP contribution < -0.4 is 15.8 Å². The largest absolute Gasteiger partial charge is 0.370 e. The zero-order valence-electron chi connectivity index (χ0n) is 17.6. The molecule has 8 nitrogen and oxygen atoms in total. The molecule has 9 heteroatoms. The number of carbonyl (C=O) groups excluding carboxylic acids is 1. The number of hydrogen-bond donors (Lipinski definition) is 1. The molecule has 0 spiro atoms. The molecule has 1 saturated carbocycles. The number of methoxy groups -OCH3 is 1. The Morgan fingerprint density at radius 2 is 2.06 bits per heavy atom. The first-order chi connectivity index (χ1) is 15.0. The molecule has 3 aromatic rings. The smallest absolute Gasteiger partial charge is 0.280 e. The molecule has 2 aromatic heterocycles. The van der Waals surface area contributed by atoms with Crippen LogP contribution in [-0.2, 0) is 28.7 Å². The lowest BCUT2D eigenvalue weighted by Crippen LogP contribution is -2.43. The summed E-state index contributed by atoms with van der Waals surface area (Å²) in [5.74, 6) is 0.639. The van der Waals surface area contributed by atoms with Crippen LogP contribution in [0.5, 0.6) is 0 Å². The quantitative estimate of drug-likeness (QED) is 0.634. The van der Waals surface area contributed by atoms with Crippen molar-refractivity contribution in [2.24, 2.45) is 7.05 Å². The van der Waals surface area contributed by atoms with Crippen molar-refractivity contribution < 1.29 is 9.53 Å². The predicted molar refractivity (Wildman–Crippen MR) is 119 cm³/mol. The van der Waals surface area contributed by atoms with Crippen LogP contribution in [-0.4, -0.2) is 40.1 Å². The number of carbonyl (C=O) groups is 1. The molecule has 1 unspecified atom stereocenters. The number of nitrogens with zero attached hydrogens (tertiary/aromatic N) is 4. The lowest BCUT2D eigenvalue weighted by atomic mass is 10.2. The number of aromatic nitrogens is 3. The molecule has 3 heterocycles. The first-order valence-corrected chi connectivity index (χ1v) is 11.4. The van der Waals surface area contributed by atoms with Crippen LogP contribution in [0, 0.1) is 0 Å². The number of anilines is 1. The van der Waals surface area contributed by atoms with Gasteiger partial charge in [0.05, 0.1) is 0 Å². The van der Waals surface area contributed by atoms with Crippen molar-refractivity contribution in [2.45, 2.75) is 43.9 Å². The highest BCUT2D eigenvalue weighted by atomic mass is 32.1. The molecule has 1 atom stereocenters. The van der Waals surface area contributed by atoms with E-state index in [1.165, 1.54) is 11.3 Å². The highest BCUT2D eigenvalue weighted by Crippen LogP contribution is 2.47. The minimum Gasteiger partial charge on any atom is -0.370 e. The number of fused-ring (bicyclic) bond motifs is 1. The van der Waals surface area contributed by atoms with Crippen molar-refractivity contribution in [3.05, 3.63) is 52.1 Å². The van der Waals surface area contributed by atoms with Gasteiger partial charge in [0.25, 0.3) is 5.56 Å². The van der Waals surface area contributed by atoms with E-state index in [0.717, 1.165) is 37.8 Å². The van der Waals surface area contributed by atoms with Gasteiger partial charge in [-0.3, -0.25) is 14.2 Å². The Labute approximate surface area is 183 Å². The predicted octanol–water partition coefficient (Wildman–Crippen LogP) is 2.31. The summed E-state index contributed by atoms with van der Waals surface area (Å²) in [4.78, 5) is 37.8. The molecule has 31 heavy (non-hydrogen) atoms. The van der Waals surface area contributed by atoms with E-state index in [1.807, 2.05) is 35.2 Å². The second-order valence-electron chi connectivity index (χ2n) is 8.20. The van der Waals surface area contributed by atoms with Crippen molar-refractivity contribution in [2.75, 3.05) is 18.6 Å². The Balaban J connectivity index is 1.41. The summed E-state index contributed by atoms with van der Waals surface area (Å²) < 4.78 is 7.19. The fourth-order valence-corrected chi connectivity index (χ4v) is 5.28. The number of thiazole rings is 1.